The first-order chi connectivity index (χ1) is 16.7. The lowest BCUT2D eigenvalue weighted by atomic mass is 9.34. The number of ketones is 1. The predicted molar refractivity (Wildman–Crippen MR) is 142 cm³/mol. The number of fused-ring (bicyclic) bond motifs is 8. The Morgan fingerprint density at radius 2 is 1.78 bits per heavy atom. The van der Waals surface area contributed by atoms with Crippen LogP contribution in [0.1, 0.15) is 105 Å². The van der Waals surface area contributed by atoms with Gasteiger partial charge in [-0.15, -0.1) is 0 Å². The Kier molecular flexibility index (Phi) is 5.07. The number of nitrogens with two attached hydrogens (primary N) is 1. The minimum Gasteiger partial charge on any atom is -0.361 e. The van der Waals surface area contributed by atoms with Gasteiger partial charge in [-0.2, -0.15) is 0 Å². The molecule has 5 aliphatic rings. The number of allylic oxidation sites excluding steroid dienone is 2. The number of aromatic nitrogens is 1. The number of hydrazine groups is 1. The Morgan fingerprint density at radius 3 is 2.50 bits per heavy atom. The van der Waals surface area contributed by atoms with Gasteiger partial charge in [0.1, 0.15) is 5.76 Å². The molecule has 0 amide bonds. The lowest BCUT2D eigenvalue weighted by Gasteiger charge is -2.69. The molecule has 0 bridgehead atoms. The highest BCUT2D eigenvalue weighted by Gasteiger charge is 2.69. The summed E-state index contributed by atoms with van der Waals surface area (Å²) < 4.78 is 5.81. The molecular formula is C31H47N3O2. The fourth-order valence-electron chi connectivity index (χ4n) is 10.9. The second-order valence-corrected chi connectivity index (χ2v) is 15.5. The van der Waals surface area contributed by atoms with E-state index in [0.717, 1.165) is 38.0 Å². The van der Waals surface area contributed by atoms with Crippen LogP contribution in [-0.4, -0.2) is 17.5 Å². The van der Waals surface area contributed by atoms with Crippen molar-refractivity contribution in [2.24, 2.45) is 50.7 Å². The van der Waals surface area contributed by atoms with Crippen molar-refractivity contribution >= 4 is 5.78 Å². The summed E-state index contributed by atoms with van der Waals surface area (Å²) in [6.45, 7) is 17.8. The van der Waals surface area contributed by atoms with Gasteiger partial charge in [-0.05, 0) is 96.4 Å². The van der Waals surface area contributed by atoms with Crippen LogP contribution in [0.3, 0.4) is 0 Å². The maximum absolute atomic E-state index is 14.5. The third-order valence-electron chi connectivity index (χ3n) is 13.0. The first-order valence-electron chi connectivity index (χ1n) is 14.4. The Labute approximate surface area is 217 Å². The molecule has 7 atom stereocenters. The normalized spacial score (nSPS) is 46.5. The molecule has 0 saturated heterocycles. The van der Waals surface area contributed by atoms with Gasteiger partial charge in [0.15, 0.2) is 5.78 Å². The highest BCUT2D eigenvalue weighted by Crippen LogP contribution is 2.74. The molecule has 6 rings (SSSR count). The lowest BCUT2D eigenvalue weighted by Crippen LogP contribution is -2.66. The maximum Gasteiger partial charge on any atom is 0.159 e. The number of carbonyl (C=O) groups excluding carboxylic acids is 1. The van der Waals surface area contributed by atoms with E-state index >= 15 is 0 Å². The van der Waals surface area contributed by atoms with E-state index in [1.165, 1.54) is 36.8 Å². The first kappa shape index (κ1) is 24.9. The molecule has 0 unspecified atom stereocenters. The van der Waals surface area contributed by atoms with Gasteiger partial charge in [0.05, 0.1) is 6.20 Å². The zero-order valence-corrected chi connectivity index (χ0v) is 23.6. The molecule has 1 heterocycles. The van der Waals surface area contributed by atoms with Crippen LogP contribution in [0.5, 0.6) is 0 Å². The van der Waals surface area contributed by atoms with Gasteiger partial charge in [0.25, 0.3) is 0 Å². The van der Waals surface area contributed by atoms with Crippen molar-refractivity contribution in [2.45, 2.75) is 105 Å². The van der Waals surface area contributed by atoms with E-state index in [2.05, 4.69) is 65.1 Å². The van der Waals surface area contributed by atoms with Crippen molar-refractivity contribution in [1.82, 2.24) is 10.6 Å². The minimum absolute atomic E-state index is 0.0193. The Bertz CT molecular complexity index is 1130. The summed E-state index contributed by atoms with van der Waals surface area (Å²) in [6, 6.07) is 0. The van der Waals surface area contributed by atoms with Gasteiger partial charge in [-0.1, -0.05) is 59.2 Å². The summed E-state index contributed by atoms with van der Waals surface area (Å²) in [6.07, 6.45) is 13.1. The van der Waals surface area contributed by atoms with E-state index in [0.29, 0.717) is 17.6 Å². The molecule has 3 N–H and O–H groups in total. The predicted octanol–water partition coefficient (Wildman–Crippen LogP) is 6.13. The van der Waals surface area contributed by atoms with Crippen LogP contribution in [0.2, 0.25) is 0 Å². The highest BCUT2D eigenvalue weighted by atomic mass is 16.5. The average molecular weight is 494 g/mol. The molecule has 0 spiro atoms. The van der Waals surface area contributed by atoms with Crippen LogP contribution >= 0.6 is 0 Å². The zero-order valence-electron chi connectivity index (χ0n) is 23.6. The number of hydrogen-bond donors (Lipinski definition) is 2. The molecule has 3 fully saturated rings. The van der Waals surface area contributed by atoms with Gasteiger partial charge < -0.3 is 4.52 Å². The smallest absolute Gasteiger partial charge is 0.159 e. The first-order valence-corrected chi connectivity index (χ1v) is 14.4. The number of rotatable bonds is 2. The molecule has 1 aromatic heterocycles. The van der Waals surface area contributed by atoms with Gasteiger partial charge in [-0.25, -0.2) is 0 Å². The quantitative estimate of drug-likeness (QED) is 0.382. The second-order valence-electron chi connectivity index (χ2n) is 15.5. The van der Waals surface area contributed by atoms with Crippen LogP contribution < -0.4 is 11.3 Å². The monoisotopic (exact) mass is 493 g/mol. The van der Waals surface area contributed by atoms with Gasteiger partial charge in [-0.3, -0.25) is 16.1 Å². The Balaban J connectivity index is 1.49. The van der Waals surface area contributed by atoms with Crippen molar-refractivity contribution in [3.05, 3.63) is 29.2 Å². The number of hydrogen-bond acceptors (Lipinski definition) is 5. The second kappa shape index (κ2) is 7.34. The fraction of sp³-hybridized carbons (Fsp3) is 0.806. The van der Waals surface area contributed by atoms with Crippen LogP contribution in [0.4, 0.5) is 0 Å². The van der Waals surface area contributed by atoms with Gasteiger partial charge >= 0.3 is 0 Å². The third kappa shape index (κ3) is 2.91. The molecule has 0 aromatic carbocycles. The molecule has 36 heavy (non-hydrogen) atoms. The average Bonchev–Trinajstić information content (AvgIpc) is 3.25. The van der Waals surface area contributed by atoms with E-state index in [1.54, 1.807) is 0 Å². The molecule has 3 saturated carbocycles. The summed E-state index contributed by atoms with van der Waals surface area (Å²) >= 11 is 0. The van der Waals surface area contributed by atoms with Crippen molar-refractivity contribution < 1.29 is 9.32 Å². The summed E-state index contributed by atoms with van der Waals surface area (Å²) in [5.41, 5.74) is 5.96. The Hall–Kier alpha value is -1.46. The minimum atomic E-state index is -0.0935. The van der Waals surface area contributed by atoms with Gasteiger partial charge in [0.2, 0.25) is 0 Å². The summed E-state index contributed by atoms with van der Waals surface area (Å²) in [7, 11) is 0. The highest BCUT2D eigenvalue weighted by molar-refractivity contribution is 5.95. The SMILES string of the molecule is CC1(C)CC[C@]2(CNN)CC[C@]3(C)[C@H](C(=O)C=C4[C@@]5(C)Cc6cnoc6C(C)(C)[C@@H]5CC[C@]43C)[C@@H]2C1. The molecule has 5 nitrogen and oxygen atoms in total. The molecule has 5 aliphatic carbocycles. The van der Waals surface area contributed by atoms with E-state index in [4.69, 9.17) is 10.4 Å². The summed E-state index contributed by atoms with van der Waals surface area (Å²) in [5.74, 6) is 8.34. The Morgan fingerprint density at radius 1 is 1.06 bits per heavy atom. The van der Waals surface area contributed by atoms with E-state index in [9.17, 15) is 4.79 Å². The molecule has 5 heteroatoms. The topological polar surface area (TPSA) is 81.1 Å². The molecule has 0 aliphatic heterocycles. The van der Waals surface area contributed by atoms with Crippen LogP contribution in [0, 0.1) is 44.8 Å². The van der Waals surface area contributed by atoms with Crippen LogP contribution in [0.15, 0.2) is 22.4 Å². The van der Waals surface area contributed by atoms with E-state index < -0.39 is 0 Å². The standard InChI is InChI=1S/C31H47N3O2/c1-26(2)10-12-31(18-33-32)13-11-30(7)24(20(31)16-26)21(35)14-23-28(5)15-19-17-34-36-25(19)27(3,4)22(28)8-9-29(23,30)6/h14,17,20,22,24,33H,8-13,15-16,18,32H2,1-7H3/t20-,22-,24-,28-,29+,30+,31+/m0/s1. The molecule has 1 aromatic rings. The fourth-order valence-corrected chi connectivity index (χ4v) is 10.9. The zero-order chi connectivity index (χ0) is 25.9. The summed E-state index contributed by atoms with van der Waals surface area (Å²) in [5, 5.41) is 4.21. The largest absolute Gasteiger partial charge is 0.361 e. The number of carbonyl (C=O) groups is 1. The number of nitrogens with one attached hydrogen (secondary N) is 1. The van der Waals surface area contributed by atoms with Crippen molar-refractivity contribution in [2.75, 3.05) is 6.54 Å². The van der Waals surface area contributed by atoms with Crippen LogP contribution in [-0.2, 0) is 16.6 Å². The van der Waals surface area contributed by atoms with Crippen molar-refractivity contribution in [1.29, 1.82) is 0 Å². The maximum atomic E-state index is 14.5. The lowest BCUT2D eigenvalue weighted by molar-refractivity contribution is -0.171. The molecular weight excluding hydrogens is 446 g/mol. The summed E-state index contributed by atoms with van der Waals surface area (Å²) in [4.78, 5) is 14.5. The number of nitrogens with zero attached hydrogens (tertiary/aromatic N) is 1. The van der Waals surface area contributed by atoms with Crippen LogP contribution in [0.25, 0.3) is 0 Å². The molecule has 198 valence electrons. The van der Waals surface area contributed by atoms with E-state index in [1.807, 2.05) is 6.20 Å². The van der Waals surface area contributed by atoms with Crippen molar-refractivity contribution in [3.63, 3.8) is 0 Å². The molecule has 0 radical (unpaired) electrons. The van der Waals surface area contributed by atoms with E-state index in [-0.39, 0.29) is 38.4 Å². The van der Waals surface area contributed by atoms with Gasteiger partial charge in [0, 0.05) is 23.4 Å². The van der Waals surface area contributed by atoms with Crippen molar-refractivity contribution in [3.8, 4) is 0 Å². The third-order valence-corrected chi connectivity index (χ3v) is 13.0.